The second kappa shape index (κ2) is 7.48. The SMILES string of the molecule is CC(=O)NCC1CCCN(C(=O)[C@@H](N)CC(C)C)C1. The van der Waals surface area contributed by atoms with Crippen LogP contribution in [0.15, 0.2) is 0 Å². The maximum atomic E-state index is 12.2. The second-order valence-electron chi connectivity index (χ2n) is 5.97. The van der Waals surface area contributed by atoms with Crippen molar-refractivity contribution in [2.45, 2.75) is 46.1 Å². The number of piperidine rings is 1. The van der Waals surface area contributed by atoms with E-state index in [4.69, 9.17) is 5.73 Å². The normalized spacial score (nSPS) is 21.3. The van der Waals surface area contributed by atoms with Crippen LogP contribution in [-0.4, -0.2) is 42.4 Å². The summed E-state index contributed by atoms with van der Waals surface area (Å²) < 4.78 is 0. The molecule has 19 heavy (non-hydrogen) atoms. The Labute approximate surface area is 115 Å². The van der Waals surface area contributed by atoms with Gasteiger partial charge in [0.05, 0.1) is 6.04 Å². The number of likely N-dealkylation sites (tertiary alicyclic amines) is 1. The highest BCUT2D eigenvalue weighted by atomic mass is 16.2. The Hall–Kier alpha value is -1.10. The number of amides is 2. The van der Waals surface area contributed by atoms with Crippen LogP contribution in [0.1, 0.15) is 40.0 Å². The Kier molecular flexibility index (Phi) is 6.28. The lowest BCUT2D eigenvalue weighted by Crippen LogP contribution is -2.49. The average Bonchev–Trinajstić information content (AvgIpc) is 2.35. The van der Waals surface area contributed by atoms with Crippen molar-refractivity contribution in [1.29, 1.82) is 0 Å². The fraction of sp³-hybridized carbons (Fsp3) is 0.857. The highest BCUT2D eigenvalue weighted by Crippen LogP contribution is 2.17. The molecule has 0 saturated carbocycles. The lowest BCUT2D eigenvalue weighted by molar-refractivity contribution is -0.134. The molecule has 0 radical (unpaired) electrons. The maximum absolute atomic E-state index is 12.2. The van der Waals surface area contributed by atoms with E-state index >= 15 is 0 Å². The standard InChI is InChI=1S/C14H27N3O2/c1-10(2)7-13(15)14(19)17-6-4-5-12(9-17)8-16-11(3)18/h10,12-13H,4-9,15H2,1-3H3,(H,16,18)/t12?,13-/m0/s1. The van der Waals surface area contributed by atoms with Gasteiger partial charge in [0.1, 0.15) is 0 Å². The van der Waals surface area contributed by atoms with Crippen LogP contribution < -0.4 is 11.1 Å². The Morgan fingerprint density at radius 2 is 2.11 bits per heavy atom. The summed E-state index contributed by atoms with van der Waals surface area (Å²) in [5.74, 6) is 0.827. The molecular weight excluding hydrogens is 242 g/mol. The van der Waals surface area contributed by atoms with Crippen LogP contribution in [-0.2, 0) is 9.59 Å². The summed E-state index contributed by atoms with van der Waals surface area (Å²) in [7, 11) is 0. The molecule has 5 nitrogen and oxygen atoms in total. The quantitative estimate of drug-likeness (QED) is 0.773. The van der Waals surface area contributed by atoms with Gasteiger partial charge in [-0.15, -0.1) is 0 Å². The molecule has 1 rings (SSSR count). The van der Waals surface area contributed by atoms with Crippen molar-refractivity contribution >= 4 is 11.8 Å². The molecule has 3 N–H and O–H groups in total. The summed E-state index contributed by atoms with van der Waals surface area (Å²) >= 11 is 0. The molecule has 1 aliphatic rings. The summed E-state index contributed by atoms with van der Waals surface area (Å²) in [6, 6.07) is -0.389. The van der Waals surface area contributed by atoms with Gasteiger partial charge < -0.3 is 16.0 Å². The number of nitrogens with two attached hydrogens (primary N) is 1. The van der Waals surface area contributed by atoms with Gasteiger partial charge in [0.15, 0.2) is 0 Å². The first-order chi connectivity index (χ1) is 8.90. The van der Waals surface area contributed by atoms with Crippen LogP contribution in [0, 0.1) is 11.8 Å². The fourth-order valence-electron chi connectivity index (χ4n) is 2.56. The highest BCUT2D eigenvalue weighted by molar-refractivity contribution is 5.81. The third-order valence-corrected chi connectivity index (χ3v) is 3.51. The molecule has 0 aromatic rings. The van der Waals surface area contributed by atoms with Crippen LogP contribution in [0.4, 0.5) is 0 Å². The maximum Gasteiger partial charge on any atom is 0.239 e. The molecule has 1 fully saturated rings. The summed E-state index contributed by atoms with van der Waals surface area (Å²) in [6.45, 7) is 7.82. The minimum absolute atomic E-state index is 0.0139. The predicted molar refractivity (Wildman–Crippen MR) is 75.4 cm³/mol. The van der Waals surface area contributed by atoms with Gasteiger partial charge in [-0.1, -0.05) is 13.8 Å². The van der Waals surface area contributed by atoms with Gasteiger partial charge in [-0.3, -0.25) is 9.59 Å². The first-order valence-corrected chi connectivity index (χ1v) is 7.19. The average molecular weight is 269 g/mol. The number of nitrogens with zero attached hydrogens (tertiary/aromatic N) is 1. The van der Waals surface area contributed by atoms with Crippen LogP contribution >= 0.6 is 0 Å². The zero-order valence-electron chi connectivity index (χ0n) is 12.3. The number of carbonyl (C=O) groups is 2. The van der Waals surface area contributed by atoms with E-state index in [0.717, 1.165) is 25.8 Å². The molecule has 0 bridgehead atoms. The molecule has 0 aliphatic carbocycles. The van der Waals surface area contributed by atoms with Gasteiger partial charge in [-0.2, -0.15) is 0 Å². The van der Waals surface area contributed by atoms with Crippen LogP contribution in [0.3, 0.4) is 0 Å². The molecule has 0 spiro atoms. The monoisotopic (exact) mass is 269 g/mol. The topological polar surface area (TPSA) is 75.4 Å². The van der Waals surface area contributed by atoms with E-state index in [1.54, 1.807) is 0 Å². The smallest absolute Gasteiger partial charge is 0.239 e. The third-order valence-electron chi connectivity index (χ3n) is 3.51. The number of nitrogens with one attached hydrogen (secondary N) is 1. The minimum atomic E-state index is -0.389. The van der Waals surface area contributed by atoms with Crippen molar-refractivity contribution in [1.82, 2.24) is 10.2 Å². The Morgan fingerprint density at radius 1 is 1.42 bits per heavy atom. The van der Waals surface area contributed by atoms with E-state index in [2.05, 4.69) is 19.2 Å². The Bertz CT molecular complexity index is 318. The Balaban J connectivity index is 2.44. The van der Waals surface area contributed by atoms with Crippen LogP contribution in [0.5, 0.6) is 0 Å². The summed E-state index contributed by atoms with van der Waals surface area (Å²) in [4.78, 5) is 25.0. The fourth-order valence-corrected chi connectivity index (χ4v) is 2.56. The molecular formula is C14H27N3O2. The van der Waals surface area contributed by atoms with Crippen molar-refractivity contribution in [3.63, 3.8) is 0 Å². The summed E-state index contributed by atoms with van der Waals surface area (Å²) in [5.41, 5.74) is 5.96. The molecule has 110 valence electrons. The molecule has 0 aromatic carbocycles. The molecule has 1 aliphatic heterocycles. The summed E-state index contributed by atoms with van der Waals surface area (Å²) in [5, 5.41) is 2.83. The first-order valence-electron chi connectivity index (χ1n) is 7.19. The molecule has 0 aromatic heterocycles. The minimum Gasteiger partial charge on any atom is -0.356 e. The second-order valence-corrected chi connectivity index (χ2v) is 5.97. The number of hydrogen-bond donors (Lipinski definition) is 2. The van der Waals surface area contributed by atoms with Gasteiger partial charge in [-0.25, -0.2) is 0 Å². The molecule has 1 unspecified atom stereocenters. The van der Waals surface area contributed by atoms with Crippen molar-refractivity contribution in [2.24, 2.45) is 17.6 Å². The lowest BCUT2D eigenvalue weighted by atomic mass is 9.96. The van der Waals surface area contributed by atoms with E-state index in [1.807, 2.05) is 4.90 Å². The number of hydrogen-bond acceptors (Lipinski definition) is 3. The zero-order valence-corrected chi connectivity index (χ0v) is 12.3. The van der Waals surface area contributed by atoms with Crippen LogP contribution in [0.25, 0.3) is 0 Å². The molecule has 5 heteroatoms. The molecule has 2 atom stereocenters. The van der Waals surface area contributed by atoms with Crippen LogP contribution in [0.2, 0.25) is 0 Å². The van der Waals surface area contributed by atoms with Crippen molar-refractivity contribution in [3.05, 3.63) is 0 Å². The molecule has 2 amide bonds. The highest BCUT2D eigenvalue weighted by Gasteiger charge is 2.27. The van der Waals surface area contributed by atoms with Gasteiger partial charge in [0.25, 0.3) is 0 Å². The zero-order chi connectivity index (χ0) is 14.4. The Morgan fingerprint density at radius 3 is 2.68 bits per heavy atom. The molecule has 1 heterocycles. The van der Waals surface area contributed by atoms with Gasteiger partial charge in [0, 0.05) is 26.6 Å². The van der Waals surface area contributed by atoms with E-state index in [-0.39, 0.29) is 17.9 Å². The van der Waals surface area contributed by atoms with Crippen molar-refractivity contribution in [2.75, 3.05) is 19.6 Å². The predicted octanol–water partition coefficient (Wildman–Crippen LogP) is 0.735. The lowest BCUT2D eigenvalue weighted by Gasteiger charge is -2.34. The largest absolute Gasteiger partial charge is 0.356 e. The van der Waals surface area contributed by atoms with E-state index < -0.39 is 0 Å². The van der Waals surface area contributed by atoms with E-state index in [1.165, 1.54) is 6.92 Å². The summed E-state index contributed by atoms with van der Waals surface area (Å²) in [6.07, 6.45) is 2.78. The number of carbonyl (C=O) groups excluding carboxylic acids is 2. The van der Waals surface area contributed by atoms with Gasteiger partial charge in [-0.05, 0) is 31.1 Å². The van der Waals surface area contributed by atoms with Crippen molar-refractivity contribution < 1.29 is 9.59 Å². The van der Waals surface area contributed by atoms with Gasteiger partial charge >= 0.3 is 0 Å². The van der Waals surface area contributed by atoms with E-state index in [9.17, 15) is 9.59 Å². The number of rotatable bonds is 5. The third kappa shape index (κ3) is 5.59. The molecule has 1 saturated heterocycles. The first kappa shape index (κ1) is 16.0. The van der Waals surface area contributed by atoms with Crippen molar-refractivity contribution in [3.8, 4) is 0 Å². The van der Waals surface area contributed by atoms with E-state index in [0.29, 0.717) is 24.9 Å². The van der Waals surface area contributed by atoms with Gasteiger partial charge in [0.2, 0.25) is 11.8 Å².